The first-order valence-electron chi connectivity index (χ1n) is 6.51. The second-order valence-electron chi connectivity index (χ2n) is 4.90. The molecule has 4 heteroatoms. The summed E-state index contributed by atoms with van der Waals surface area (Å²) in [6.07, 6.45) is 4.29. The summed E-state index contributed by atoms with van der Waals surface area (Å²) in [4.78, 5) is 5.79. The first-order valence-corrected chi connectivity index (χ1v) is 7.33. The summed E-state index contributed by atoms with van der Waals surface area (Å²) in [5, 5.41) is 5.91. The van der Waals surface area contributed by atoms with Crippen LogP contribution < -0.4 is 0 Å². The Labute approximate surface area is 107 Å². The zero-order valence-electron chi connectivity index (χ0n) is 11.2. The summed E-state index contributed by atoms with van der Waals surface area (Å²) in [6, 6.07) is 0. The lowest BCUT2D eigenvalue weighted by Crippen LogP contribution is -1.99. The molecule has 0 spiro atoms. The largest absolute Gasteiger partial charge is 0.222 e. The molecule has 0 aliphatic carbocycles. The van der Waals surface area contributed by atoms with E-state index in [-0.39, 0.29) is 0 Å². The third-order valence-corrected chi connectivity index (χ3v) is 3.76. The molecule has 0 bridgehead atoms. The van der Waals surface area contributed by atoms with E-state index in [1.165, 1.54) is 16.4 Å². The number of rotatable bonds is 5. The van der Waals surface area contributed by atoms with Crippen molar-refractivity contribution < 1.29 is 0 Å². The first-order chi connectivity index (χ1) is 8.15. The van der Waals surface area contributed by atoms with Crippen LogP contribution in [0.2, 0.25) is 0 Å². The van der Waals surface area contributed by atoms with Crippen LogP contribution in [0.1, 0.15) is 50.5 Å². The van der Waals surface area contributed by atoms with Crippen LogP contribution in [0, 0.1) is 5.92 Å². The van der Waals surface area contributed by atoms with Gasteiger partial charge < -0.3 is 0 Å². The lowest BCUT2D eigenvalue weighted by molar-refractivity contribution is 0.634. The van der Waals surface area contributed by atoms with E-state index in [0.29, 0.717) is 5.92 Å². The highest BCUT2D eigenvalue weighted by atomic mass is 32.1. The van der Waals surface area contributed by atoms with Crippen molar-refractivity contribution in [2.45, 2.75) is 53.4 Å². The quantitative estimate of drug-likeness (QED) is 0.814. The number of nitrogens with zero attached hydrogens (tertiary/aromatic N) is 3. The fraction of sp³-hybridized carbons (Fsp3) is 0.692. The predicted octanol–water partition coefficient (Wildman–Crippen LogP) is 3.50. The predicted molar refractivity (Wildman–Crippen MR) is 72.8 cm³/mol. The number of fused-ring (bicyclic) bond motifs is 1. The van der Waals surface area contributed by atoms with E-state index >= 15 is 0 Å². The van der Waals surface area contributed by atoms with Gasteiger partial charge in [0.15, 0.2) is 0 Å². The van der Waals surface area contributed by atoms with Crippen LogP contribution >= 0.6 is 11.3 Å². The fourth-order valence-corrected chi connectivity index (χ4v) is 3.24. The van der Waals surface area contributed by atoms with Gasteiger partial charge in [0.05, 0.1) is 11.4 Å². The molecule has 2 heterocycles. The molecule has 2 rings (SSSR count). The molecule has 0 saturated carbocycles. The fourth-order valence-electron chi connectivity index (χ4n) is 2.09. The summed E-state index contributed by atoms with van der Waals surface area (Å²) in [5.74, 6) is 0.658. The Morgan fingerprint density at radius 3 is 2.65 bits per heavy atom. The Morgan fingerprint density at radius 1 is 1.29 bits per heavy atom. The van der Waals surface area contributed by atoms with Gasteiger partial charge in [-0.25, -0.2) is 9.50 Å². The summed E-state index contributed by atoms with van der Waals surface area (Å²) >= 11 is 1.74. The highest BCUT2D eigenvalue weighted by Crippen LogP contribution is 2.22. The van der Waals surface area contributed by atoms with Gasteiger partial charge in [-0.3, -0.25) is 0 Å². The summed E-state index contributed by atoms with van der Waals surface area (Å²) in [5.41, 5.74) is 2.54. The van der Waals surface area contributed by atoms with Crippen LogP contribution in [-0.2, 0) is 19.3 Å². The summed E-state index contributed by atoms with van der Waals surface area (Å²) in [6.45, 7) is 8.84. The van der Waals surface area contributed by atoms with Crippen LogP contribution in [0.15, 0.2) is 0 Å². The molecule has 0 fully saturated rings. The Morgan fingerprint density at radius 2 is 2.06 bits per heavy atom. The number of aryl methyl sites for hydroxylation is 2. The Balaban J connectivity index is 2.38. The molecule has 0 atom stereocenters. The zero-order chi connectivity index (χ0) is 12.4. The molecule has 0 radical (unpaired) electrons. The molecule has 3 nitrogen and oxygen atoms in total. The Hall–Kier alpha value is -0.900. The molecule has 94 valence electrons. The lowest BCUT2D eigenvalue weighted by atomic mass is 10.1. The molecule has 0 aliphatic rings. The van der Waals surface area contributed by atoms with Crippen molar-refractivity contribution in [1.82, 2.24) is 14.6 Å². The van der Waals surface area contributed by atoms with Gasteiger partial charge in [-0.1, -0.05) is 45.5 Å². The molecule has 0 saturated heterocycles. The molecular weight excluding hydrogens is 230 g/mol. The Bertz CT molecular complexity index is 496. The molecule has 0 N–H and O–H groups in total. The van der Waals surface area contributed by atoms with Crippen molar-refractivity contribution in [2.24, 2.45) is 5.92 Å². The van der Waals surface area contributed by atoms with Crippen molar-refractivity contribution in [2.75, 3.05) is 0 Å². The van der Waals surface area contributed by atoms with Crippen LogP contribution in [-0.4, -0.2) is 14.6 Å². The van der Waals surface area contributed by atoms with E-state index in [2.05, 4.69) is 32.2 Å². The van der Waals surface area contributed by atoms with Crippen molar-refractivity contribution in [3.05, 3.63) is 16.4 Å². The van der Waals surface area contributed by atoms with E-state index < -0.39 is 0 Å². The van der Waals surface area contributed by atoms with Crippen molar-refractivity contribution >= 4 is 16.3 Å². The molecule has 17 heavy (non-hydrogen) atoms. The number of hydrogen-bond acceptors (Lipinski definition) is 3. The van der Waals surface area contributed by atoms with Gasteiger partial charge in [0.25, 0.3) is 0 Å². The molecule has 0 aromatic carbocycles. The SMILES string of the molecule is CCCc1nc2sc(CC(C)C)nn2c1CC. The average molecular weight is 251 g/mol. The van der Waals surface area contributed by atoms with E-state index in [1.54, 1.807) is 11.3 Å². The smallest absolute Gasteiger partial charge is 0.212 e. The van der Waals surface area contributed by atoms with Crippen LogP contribution in [0.5, 0.6) is 0 Å². The minimum absolute atomic E-state index is 0.658. The zero-order valence-corrected chi connectivity index (χ0v) is 12.0. The van der Waals surface area contributed by atoms with E-state index in [1.807, 2.05) is 0 Å². The van der Waals surface area contributed by atoms with Gasteiger partial charge >= 0.3 is 0 Å². The molecule has 2 aromatic rings. The molecule has 0 aliphatic heterocycles. The molecule has 0 amide bonds. The van der Waals surface area contributed by atoms with Gasteiger partial charge in [-0.05, 0) is 18.8 Å². The van der Waals surface area contributed by atoms with Crippen molar-refractivity contribution in [1.29, 1.82) is 0 Å². The minimum Gasteiger partial charge on any atom is -0.222 e. The maximum Gasteiger partial charge on any atom is 0.212 e. The number of imidazole rings is 1. The third-order valence-electron chi connectivity index (χ3n) is 2.83. The average Bonchev–Trinajstić information content (AvgIpc) is 2.73. The van der Waals surface area contributed by atoms with E-state index in [4.69, 9.17) is 10.1 Å². The van der Waals surface area contributed by atoms with Gasteiger partial charge in [0.1, 0.15) is 5.01 Å². The third kappa shape index (κ3) is 2.51. The van der Waals surface area contributed by atoms with Gasteiger partial charge in [0.2, 0.25) is 4.96 Å². The summed E-state index contributed by atoms with van der Waals surface area (Å²) < 4.78 is 2.06. The van der Waals surface area contributed by atoms with Gasteiger partial charge in [0, 0.05) is 6.42 Å². The minimum atomic E-state index is 0.658. The first kappa shape index (κ1) is 12.6. The van der Waals surface area contributed by atoms with Crippen LogP contribution in [0.25, 0.3) is 4.96 Å². The van der Waals surface area contributed by atoms with Gasteiger partial charge in [-0.15, -0.1) is 0 Å². The highest BCUT2D eigenvalue weighted by molar-refractivity contribution is 7.16. The normalized spacial score (nSPS) is 11.8. The van der Waals surface area contributed by atoms with Crippen molar-refractivity contribution in [3.63, 3.8) is 0 Å². The molecule has 0 unspecified atom stereocenters. The molecular formula is C13H21N3S. The lowest BCUT2D eigenvalue weighted by Gasteiger charge is -2.00. The number of hydrogen-bond donors (Lipinski definition) is 0. The van der Waals surface area contributed by atoms with E-state index in [0.717, 1.165) is 30.6 Å². The second-order valence-corrected chi connectivity index (χ2v) is 5.94. The van der Waals surface area contributed by atoms with Gasteiger partial charge in [-0.2, -0.15) is 5.10 Å². The maximum atomic E-state index is 4.72. The Kier molecular flexibility index (Phi) is 3.82. The van der Waals surface area contributed by atoms with Crippen LogP contribution in [0.3, 0.4) is 0 Å². The second kappa shape index (κ2) is 5.17. The maximum absolute atomic E-state index is 4.72. The van der Waals surface area contributed by atoms with Crippen molar-refractivity contribution in [3.8, 4) is 0 Å². The highest BCUT2D eigenvalue weighted by Gasteiger charge is 2.14. The monoisotopic (exact) mass is 251 g/mol. The van der Waals surface area contributed by atoms with Crippen LogP contribution in [0.4, 0.5) is 0 Å². The number of aromatic nitrogens is 3. The molecule has 2 aromatic heterocycles. The van der Waals surface area contributed by atoms with E-state index in [9.17, 15) is 0 Å². The topological polar surface area (TPSA) is 30.2 Å². The standard InChI is InChI=1S/C13H21N3S/c1-5-7-10-11(6-2)16-13(14-10)17-12(15-16)8-9(3)4/h9H,5-8H2,1-4H3. The summed E-state index contributed by atoms with van der Waals surface area (Å²) in [7, 11) is 0.